The molecule has 1 saturated heterocycles. The molecule has 0 aliphatic carbocycles. The molecule has 1 aliphatic rings. The molecular formula is C13H20N4O3S. The van der Waals surface area contributed by atoms with Crippen molar-refractivity contribution in [3.05, 3.63) is 18.1 Å². The van der Waals surface area contributed by atoms with Crippen LogP contribution in [0.15, 0.2) is 12.4 Å². The highest BCUT2D eigenvalue weighted by molar-refractivity contribution is 7.91. The molecule has 21 heavy (non-hydrogen) atoms. The van der Waals surface area contributed by atoms with Crippen LogP contribution in [0, 0.1) is 5.92 Å². The molecule has 1 amide bonds. The van der Waals surface area contributed by atoms with Crippen molar-refractivity contribution in [1.29, 1.82) is 0 Å². The van der Waals surface area contributed by atoms with Crippen LogP contribution in [0.2, 0.25) is 0 Å². The highest BCUT2D eigenvalue weighted by atomic mass is 32.2. The summed E-state index contributed by atoms with van der Waals surface area (Å²) in [5.41, 5.74) is 0.237. The number of nitrogens with zero attached hydrogens (tertiary/aromatic N) is 2. The van der Waals surface area contributed by atoms with Gasteiger partial charge in [-0.1, -0.05) is 13.8 Å². The summed E-state index contributed by atoms with van der Waals surface area (Å²) in [5, 5.41) is 5.83. The molecule has 2 rings (SSSR count). The number of carbonyl (C=O) groups excluding carboxylic acids is 1. The van der Waals surface area contributed by atoms with Crippen LogP contribution in [0.4, 0.5) is 5.82 Å². The zero-order valence-corrected chi connectivity index (χ0v) is 13.0. The minimum absolute atomic E-state index is 0.00226. The zero-order valence-electron chi connectivity index (χ0n) is 12.2. The maximum absolute atomic E-state index is 12.1. The first kappa shape index (κ1) is 15.7. The summed E-state index contributed by atoms with van der Waals surface area (Å²) in [6, 6.07) is 1.24. The number of carbonyl (C=O) groups is 1. The number of aromatic nitrogens is 2. The van der Waals surface area contributed by atoms with Gasteiger partial charge in [-0.05, 0) is 12.3 Å². The van der Waals surface area contributed by atoms with E-state index in [1.165, 1.54) is 6.33 Å². The van der Waals surface area contributed by atoms with Crippen LogP contribution in [0.5, 0.6) is 0 Å². The van der Waals surface area contributed by atoms with Crippen molar-refractivity contribution in [2.75, 3.05) is 23.4 Å². The van der Waals surface area contributed by atoms with E-state index in [2.05, 4.69) is 34.4 Å². The number of rotatable bonds is 5. The van der Waals surface area contributed by atoms with E-state index in [1.807, 2.05) is 0 Å². The van der Waals surface area contributed by atoms with Gasteiger partial charge in [0.2, 0.25) is 0 Å². The molecule has 116 valence electrons. The average Bonchev–Trinajstić information content (AvgIpc) is 2.76. The van der Waals surface area contributed by atoms with Crippen LogP contribution in [-0.4, -0.2) is 48.4 Å². The van der Waals surface area contributed by atoms with Gasteiger partial charge >= 0.3 is 0 Å². The Morgan fingerprint density at radius 2 is 2.19 bits per heavy atom. The van der Waals surface area contributed by atoms with E-state index in [0.717, 1.165) is 6.54 Å². The fraction of sp³-hybridized carbons (Fsp3) is 0.615. The van der Waals surface area contributed by atoms with E-state index < -0.39 is 9.84 Å². The van der Waals surface area contributed by atoms with E-state index in [9.17, 15) is 13.2 Å². The lowest BCUT2D eigenvalue weighted by Crippen LogP contribution is -2.36. The van der Waals surface area contributed by atoms with Crippen LogP contribution in [0.3, 0.4) is 0 Å². The zero-order chi connectivity index (χ0) is 15.5. The Balaban J connectivity index is 1.98. The Hall–Kier alpha value is -1.70. The van der Waals surface area contributed by atoms with E-state index >= 15 is 0 Å². The fourth-order valence-electron chi connectivity index (χ4n) is 2.06. The van der Waals surface area contributed by atoms with Crippen LogP contribution in [-0.2, 0) is 9.84 Å². The quantitative estimate of drug-likeness (QED) is 0.819. The second-order valence-electron chi connectivity index (χ2n) is 5.64. The minimum Gasteiger partial charge on any atom is -0.370 e. The van der Waals surface area contributed by atoms with Gasteiger partial charge in [0.15, 0.2) is 9.84 Å². The Labute approximate surface area is 124 Å². The van der Waals surface area contributed by atoms with E-state index in [0.29, 0.717) is 18.2 Å². The Morgan fingerprint density at radius 3 is 2.81 bits per heavy atom. The number of nitrogens with one attached hydrogen (secondary N) is 2. The first-order valence-electron chi connectivity index (χ1n) is 6.93. The van der Waals surface area contributed by atoms with Crippen LogP contribution >= 0.6 is 0 Å². The van der Waals surface area contributed by atoms with E-state index in [-0.39, 0.29) is 29.1 Å². The molecule has 2 heterocycles. The highest BCUT2D eigenvalue weighted by Crippen LogP contribution is 2.12. The molecule has 0 radical (unpaired) electrons. The summed E-state index contributed by atoms with van der Waals surface area (Å²) in [6.45, 7) is 4.89. The summed E-state index contributed by atoms with van der Waals surface area (Å²) >= 11 is 0. The minimum atomic E-state index is -3.01. The standard InChI is InChI=1S/C13H20N4O3S/c1-9(2)6-14-12-5-11(15-8-16-12)13(18)17-10-3-4-21(19,20)7-10/h5,8-10H,3-4,6-7H2,1-2H3,(H,17,18)(H,14,15,16). The topological polar surface area (TPSA) is 101 Å². The molecule has 1 unspecified atom stereocenters. The lowest BCUT2D eigenvalue weighted by Gasteiger charge is -2.11. The first-order chi connectivity index (χ1) is 9.85. The third-order valence-electron chi connectivity index (χ3n) is 3.16. The predicted molar refractivity (Wildman–Crippen MR) is 79.9 cm³/mol. The molecule has 1 atom stereocenters. The lowest BCUT2D eigenvalue weighted by atomic mass is 10.2. The van der Waals surface area contributed by atoms with Crippen molar-refractivity contribution in [2.45, 2.75) is 26.3 Å². The highest BCUT2D eigenvalue weighted by Gasteiger charge is 2.29. The van der Waals surface area contributed by atoms with Crippen LogP contribution in [0.1, 0.15) is 30.8 Å². The SMILES string of the molecule is CC(C)CNc1cc(C(=O)NC2CCS(=O)(=O)C2)ncn1. The third kappa shape index (κ3) is 4.66. The van der Waals surface area contributed by atoms with Crippen molar-refractivity contribution in [3.8, 4) is 0 Å². The number of sulfone groups is 1. The molecule has 1 aromatic rings. The number of hydrogen-bond acceptors (Lipinski definition) is 6. The lowest BCUT2D eigenvalue weighted by molar-refractivity contribution is 0.0936. The van der Waals surface area contributed by atoms with Crippen molar-refractivity contribution in [3.63, 3.8) is 0 Å². The summed E-state index contributed by atoms with van der Waals surface area (Å²) in [6.07, 6.45) is 1.78. The maximum Gasteiger partial charge on any atom is 0.270 e. The normalized spacial score (nSPS) is 20.4. The van der Waals surface area contributed by atoms with Gasteiger partial charge in [0, 0.05) is 18.7 Å². The summed E-state index contributed by atoms with van der Waals surface area (Å²) in [5.74, 6) is 0.807. The van der Waals surface area contributed by atoms with E-state index in [4.69, 9.17) is 0 Å². The molecule has 2 N–H and O–H groups in total. The summed E-state index contributed by atoms with van der Waals surface area (Å²) < 4.78 is 22.8. The maximum atomic E-state index is 12.1. The average molecular weight is 312 g/mol. The molecule has 0 saturated carbocycles. The summed E-state index contributed by atoms with van der Waals surface area (Å²) in [4.78, 5) is 20.1. The van der Waals surface area contributed by atoms with Gasteiger partial charge in [-0.25, -0.2) is 18.4 Å². The van der Waals surface area contributed by atoms with Gasteiger partial charge in [0.1, 0.15) is 17.8 Å². The van der Waals surface area contributed by atoms with E-state index in [1.54, 1.807) is 6.07 Å². The monoisotopic (exact) mass is 312 g/mol. The van der Waals surface area contributed by atoms with Gasteiger partial charge in [-0.15, -0.1) is 0 Å². The molecule has 0 aromatic carbocycles. The van der Waals surface area contributed by atoms with Crippen molar-refractivity contribution >= 4 is 21.6 Å². The van der Waals surface area contributed by atoms with Crippen LogP contribution in [0.25, 0.3) is 0 Å². The van der Waals surface area contributed by atoms with Crippen LogP contribution < -0.4 is 10.6 Å². The Kier molecular flexibility index (Phi) is 4.76. The van der Waals surface area contributed by atoms with Gasteiger partial charge in [0.05, 0.1) is 11.5 Å². The predicted octanol–water partition coefficient (Wildman–Crippen LogP) is 0.461. The smallest absolute Gasteiger partial charge is 0.270 e. The molecule has 7 nitrogen and oxygen atoms in total. The van der Waals surface area contributed by atoms with Gasteiger partial charge in [-0.3, -0.25) is 4.79 Å². The molecule has 8 heteroatoms. The second-order valence-corrected chi connectivity index (χ2v) is 7.87. The number of hydrogen-bond donors (Lipinski definition) is 2. The fourth-order valence-corrected chi connectivity index (χ4v) is 3.73. The first-order valence-corrected chi connectivity index (χ1v) is 8.75. The molecule has 1 fully saturated rings. The van der Waals surface area contributed by atoms with Gasteiger partial charge < -0.3 is 10.6 Å². The van der Waals surface area contributed by atoms with Crippen molar-refractivity contribution in [2.24, 2.45) is 5.92 Å². The van der Waals surface area contributed by atoms with Gasteiger partial charge in [-0.2, -0.15) is 0 Å². The van der Waals surface area contributed by atoms with Crippen molar-refractivity contribution < 1.29 is 13.2 Å². The van der Waals surface area contributed by atoms with Crippen molar-refractivity contribution in [1.82, 2.24) is 15.3 Å². The molecular weight excluding hydrogens is 292 g/mol. The molecule has 1 aliphatic heterocycles. The van der Waals surface area contributed by atoms with Gasteiger partial charge in [0.25, 0.3) is 5.91 Å². The summed E-state index contributed by atoms with van der Waals surface area (Å²) in [7, 11) is -3.01. The Morgan fingerprint density at radius 1 is 1.43 bits per heavy atom. The number of anilines is 1. The Bertz CT molecular complexity index is 616. The molecule has 0 bridgehead atoms. The molecule has 1 aromatic heterocycles. The molecule has 0 spiro atoms. The third-order valence-corrected chi connectivity index (χ3v) is 4.93. The number of amides is 1. The largest absolute Gasteiger partial charge is 0.370 e. The second kappa shape index (κ2) is 6.38.